The van der Waals surface area contributed by atoms with Gasteiger partial charge in [-0.05, 0) is 59.2 Å². The van der Waals surface area contributed by atoms with E-state index < -0.39 is 4.92 Å². The normalized spacial score (nSPS) is 10.9. The van der Waals surface area contributed by atoms with Crippen molar-refractivity contribution in [3.8, 4) is 11.8 Å². The van der Waals surface area contributed by atoms with Crippen LogP contribution in [0.15, 0.2) is 72.8 Å². The average molecular weight is 374 g/mol. The molecular formula is C22H15FN2O3. The van der Waals surface area contributed by atoms with Crippen molar-refractivity contribution >= 4 is 17.3 Å². The fraction of sp³-hybridized carbons (Fsp3) is 0.0455. The minimum absolute atomic E-state index is 0.0270. The Morgan fingerprint density at radius 3 is 2.43 bits per heavy atom. The van der Waals surface area contributed by atoms with Crippen molar-refractivity contribution in [3.63, 3.8) is 0 Å². The zero-order chi connectivity index (χ0) is 19.9. The van der Waals surface area contributed by atoms with E-state index in [1.54, 1.807) is 54.6 Å². The Balaban J connectivity index is 1.71. The number of nitriles is 1. The molecule has 3 aromatic rings. The summed E-state index contributed by atoms with van der Waals surface area (Å²) in [4.78, 5) is 10.2. The zero-order valence-electron chi connectivity index (χ0n) is 14.7. The van der Waals surface area contributed by atoms with Crippen molar-refractivity contribution in [2.75, 3.05) is 0 Å². The van der Waals surface area contributed by atoms with Gasteiger partial charge in [0.05, 0.1) is 16.6 Å². The minimum Gasteiger partial charge on any atom is -0.489 e. The maximum Gasteiger partial charge on any atom is 0.269 e. The lowest BCUT2D eigenvalue weighted by Gasteiger charge is -2.07. The van der Waals surface area contributed by atoms with Gasteiger partial charge in [-0.2, -0.15) is 5.26 Å². The zero-order valence-corrected chi connectivity index (χ0v) is 14.7. The van der Waals surface area contributed by atoms with E-state index in [-0.39, 0.29) is 18.1 Å². The van der Waals surface area contributed by atoms with Gasteiger partial charge < -0.3 is 4.74 Å². The molecule has 138 valence electrons. The van der Waals surface area contributed by atoms with Crippen LogP contribution in [-0.2, 0) is 6.61 Å². The number of hydrogen-bond donors (Lipinski definition) is 0. The van der Waals surface area contributed by atoms with E-state index in [9.17, 15) is 19.8 Å². The summed E-state index contributed by atoms with van der Waals surface area (Å²) >= 11 is 0. The number of hydrogen-bond acceptors (Lipinski definition) is 4. The van der Waals surface area contributed by atoms with E-state index in [0.29, 0.717) is 16.9 Å². The highest BCUT2D eigenvalue weighted by Gasteiger charge is 2.07. The van der Waals surface area contributed by atoms with Gasteiger partial charge >= 0.3 is 0 Å². The standard InChI is InChI=1S/C22H15FN2O3/c23-20-3-1-2-17(13-20)15-28-22-10-4-16(5-11-22)12-19(14-24)18-6-8-21(9-7-18)25(26)27/h1-13H,15H2/b19-12-. The quantitative estimate of drug-likeness (QED) is 0.251. The van der Waals surface area contributed by atoms with E-state index in [1.165, 1.54) is 24.3 Å². The van der Waals surface area contributed by atoms with E-state index in [0.717, 1.165) is 11.1 Å². The average Bonchev–Trinajstić information content (AvgIpc) is 2.71. The van der Waals surface area contributed by atoms with Crippen LogP contribution < -0.4 is 4.74 Å². The van der Waals surface area contributed by atoms with Crippen LogP contribution in [0.2, 0.25) is 0 Å². The Morgan fingerprint density at radius 2 is 1.82 bits per heavy atom. The molecule has 0 aliphatic rings. The molecule has 0 heterocycles. The molecule has 6 heteroatoms. The Morgan fingerprint density at radius 1 is 1.11 bits per heavy atom. The lowest BCUT2D eigenvalue weighted by Crippen LogP contribution is -1.95. The van der Waals surface area contributed by atoms with Gasteiger partial charge in [-0.1, -0.05) is 24.3 Å². The Labute approximate surface area is 161 Å². The van der Waals surface area contributed by atoms with E-state index in [1.807, 2.05) is 0 Å². The lowest BCUT2D eigenvalue weighted by atomic mass is 10.0. The van der Waals surface area contributed by atoms with Crippen molar-refractivity contribution in [2.45, 2.75) is 6.61 Å². The van der Waals surface area contributed by atoms with Crippen molar-refractivity contribution in [3.05, 3.63) is 105 Å². The summed E-state index contributed by atoms with van der Waals surface area (Å²) in [6, 6.07) is 21.2. The third-order valence-electron chi connectivity index (χ3n) is 4.00. The summed E-state index contributed by atoms with van der Waals surface area (Å²) in [7, 11) is 0. The van der Waals surface area contributed by atoms with Crippen LogP contribution in [-0.4, -0.2) is 4.92 Å². The van der Waals surface area contributed by atoms with Gasteiger partial charge in [-0.25, -0.2) is 4.39 Å². The first kappa shape index (κ1) is 18.8. The second-order valence-electron chi connectivity index (χ2n) is 5.96. The van der Waals surface area contributed by atoms with Crippen LogP contribution in [0.1, 0.15) is 16.7 Å². The molecule has 0 N–H and O–H groups in total. The second-order valence-corrected chi connectivity index (χ2v) is 5.96. The summed E-state index contributed by atoms with van der Waals surface area (Å²) in [5, 5.41) is 20.1. The van der Waals surface area contributed by atoms with Crippen LogP contribution in [0.4, 0.5) is 10.1 Å². The Bertz CT molecular complexity index is 1050. The van der Waals surface area contributed by atoms with Crippen molar-refractivity contribution in [2.24, 2.45) is 0 Å². The first-order chi connectivity index (χ1) is 13.5. The van der Waals surface area contributed by atoms with Gasteiger partial charge in [-0.3, -0.25) is 10.1 Å². The Kier molecular flexibility index (Phi) is 5.78. The molecule has 0 atom stereocenters. The van der Waals surface area contributed by atoms with Gasteiger partial charge in [0.1, 0.15) is 18.2 Å². The largest absolute Gasteiger partial charge is 0.489 e. The predicted molar refractivity (Wildman–Crippen MR) is 104 cm³/mol. The molecule has 5 nitrogen and oxygen atoms in total. The van der Waals surface area contributed by atoms with Crippen molar-refractivity contribution in [1.82, 2.24) is 0 Å². The summed E-state index contributed by atoms with van der Waals surface area (Å²) in [6.07, 6.45) is 1.69. The molecule has 0 radical (unpaired) electrons. The van der Waals surface area contributed by atoms with Gasteiger partial charge in [0.2, 0.25) is 0 Å². The topological polar surface area (TPSA) is 76.2 Å². The van der Waals surface area contributed by atoms with Crippen LogP contribution in [0, 0.1) is 27.3 Å². The third-order valence-corrected chi connectivity index (χ3v) is 4.00. The fourth-order valence-electron chi connectivity index (χ4n) is 2.56. The number of ether oxygens (including phenoxy) is 1. The molecule has 0 saturated carbocycles. The van der Waals surface area contributed by atoms with Crippen molar-refractivity contribution < 1.29 is 14.1 Å². The SMILES string of the molecule is N#C/C(=C/c1ccc(OCc2cccc(F)c2)cc1)c1ccc([N+](=O)[O-])cc1. The first-order valence-corrected chi connectivity index (χ1v) is 8.39. The number of nitro benzene ring substituents is 1. The number of nitrogens with zero attached hydrogens (tertiary/aromatic N) is 2. The van der Waals surface area contributed by atoms with Crippen molar-refractivity contribution in [1.29, 1.82) is 5.26 Å². The smallest absolute Gasteiger partial charge is 0.269 e. The third kappa shape index (κ3) is 4.80. The number of rotatable bonds is 6. The van der Waals surface area contributed by atoms with Crippen LogP contribution in [0.3, 0.4) is 0 Å². The minimum atomic E-state index is -0.484. The molecule has 0 aliphatic heterocycles. The monoisotopic (exact) mass is 374 g/mol. The maximum absolute atomic E-state index is 13.2. The van der Waals surface area contributed by atoms with Crippen LogP contribution >= 0.6 is 0 Å². The second kappa shape index (κ2) is 8.60. The number of halogens is 1. The molecule has 3 aromatic carbocycles. The summed E-state index contributed by atoms with van der Waals surface area (Å²) in [6.45, 7) is 0.249. The lowest BCUT2D eigenvalue weighted by molar-refractivity contribution is -0.384. The molecule has 28 heavy (non-hydrogen) atoms. The summed E-state index contributed by atoms with van der Waals surface area (Å²) < 4.78 is 18.8. The van der Waals surface area contributed by atoms with E-state index in [4.69, 9.17) is 4.74 Å². The number of allylic oxidation sites excluding steroid dienone is 1. The van der Waals surface area contributed by atoms with Gasteiger partial charge in [0.15, 0.2) is 0 Å². The molecule has 0 fully saturated rings. The van der Waals surface area contributed by atoms with Gasteiger partial charge in [0.25, 0.3) is 5.69 Å². The Hall–Kier alpha value is -3.98. The predicted octanol–water partition coefficient (Wildman–Crippen LogP) is 5.38. The molecule has 0 unspecified atom stereocenters. The number of nitro groups is 1. The highest BCUT2D eigenvalue weighted by Crippen LogP contribution is 2.22. The highest BCUT2D eigenvalue weighted by atomic mass is 19.1. The molecule has 0 bridgehead atoms. The molecule has 0 aromatic heterocycles. The number of non-ortho nitro benzene ring substituents is 1. The van der Waals surface area contributed by atoms with E-state index in [2.05, 4.69) is 6.07 Å². The maximum atomic E-state index is 13.2. The fourth-order valence-corrected chi connectivity index (χ4v) is 2.56. The highest BCUT2D eigenvalue weighted by molar-refractivity contribution is 5.89. The number of benzene rings is 3. The van der Waals surface area contributed by atoms with Gasteiger partial charge in [-0.15, -0.1) is 0 Å². The van der Waals surface area contributed by atoms with E-state index >= 15 is 0 Å². The molecule has 0 amide bonds. The summed E-state index contributed by atoms with van der Waals surface area (Å²) in [5.74, 6) is 0.312. The first-order valence-electron chi connectivity index (χ1n) is 8.39. The van der Waals surface area contributed by atoms with Gasteiger partial charge in [0, 0.05) is 12.1 Å². The van der Waals surface area contributed by atoms with Crippen LogP contribution in [0.25, 0.3) is 11.6 Å². The molecular weight excluding hydrogens is 359 g/mol. The molecule has 0 saturated heterocycles. The van der Waals surface area contributed by atoms with Crippen LogP contribution in [0.5, 0.6) is 5.75 Å². The molecule has 3 rings (SSSR count). The molecule has 0 aliphatic carbocycles. The molecule has 0 spiro atoms. The summed E-state index contributed by atoms with van der Waals surface area (Å²) in [5.41, 5.74) is 2.48.